The average molecular weight is 289 g/mol. The number of halogens is 1. The Morgan fingerprint density at radius 2 is 1.50 bits per heavy atom. The minimum atomic E-state index is -0.743. The number of carbonyl (C=O) groups is 2. The quantitative estimate of drug-likeness (QED) is 0.834. The molecule has 4 nitrogen and oxygen atoms in total. The summed E-state index contributed by atoms with van der Waals surface area (Å²) in [6.45, 7) is 1.94. The van der Waals surface area contributed by atoms with Gasteiger partial charge < -0.3 is 10.6 Å². The lowest BCUT2D eigenvalue weighted by atomic mass is 10.2. The molecular weight excluding hydrogens is 276 g/mol. The fraction of sp³-hybridized carbons (Fsp3) is 0.0667. The van der Waals surface area contributed by atoms with Crippen LogP contribution in [0.4, 0.5) is 11.4 Å². The predicted molar refractivity (Wildman–Crippen MR) is 79.9 cm³/mol. The normalized spacial score (nSPS) is 9.90. The summed E-state index contributed by atoms with van der Waals surface area (Å²) < 4.78 is 0. The molecule has 0 saturated carbocycles. The van der Waals surface area contributed by atoms with Crippen molar-refractivity contribution < 1.29 is 9.59 Å². The van der Waals surface area contributed by atoms with Crippen LogP contribution in [0.5, 0.6) is 0 Å². The number of carbonyl (C=O) groups excluding carboxylic acids is 2. The van der Waals surface area contributed by atoms with Gasteiger partial charge in [-0.1, -0.05) is 35.4 Å². The minimum absolute atomic E-state index is 0.474. The Balaban J connectivity index is 1.98. The summed E-state index contributed by atoms with van der Waals surface area (Å²) in [6, 6.07) is 13.8. The molecule has 2 amide bonds. The van der Waals surface area contributed by atoms with Crippen molar-refractivity contribution in [3.63, 3.8) is 0 Å². The van der Waals surface area contributed by atoms with Crippen LogP contribution in [0.2, 0.25) is 5.02 Å². The molecule has 0 fully saturated rings. The van der Waals surface area contributed by atoms with E-state index in [-0.39, 0.29) is 0 Å². The first kappa shape index (κ1) is 14.1. The second kappa shape index (κ2) is 6.21. The highest BCUT2D eigenvalue weighted by molar-refractivity contribution is 6.43. The topological polar surface area (TPSA) is 58.2 Å². The van der Waals surface area contributed by atoms with Crippen molar-refractivity contribution in [1.29, 1.82) is 0 Å². The summed E-state index contributed by atoms with van der Waals surface area (Å²) in [4.78, 5) is 23.5. The molecule has 0 unspecified atom stereocenters. The van der Waals surface area contributed by atoms with E-state index in [0.29, 0.717) is 16.4 Å². The first-order chi connectivity index (χ1) is 9.54. The molecule has 0 atom stereocenters. The molecule has 2 N–H and O–H groups in total. The monoisotopic (exact) mass is 288 g/mol. The third-order valence-corrected chi connectivity index (χ3v) is 2.83. The number of rotatable bonds is 2. The Hall–Kier alpha value is -2.33. The van der Waals surface area contributed by atoms with Crippen molar-refractivity contribution in [1.82, 2.24) is 0 Å². The van der Waals surface area contributed by atoms with Crippen LogP contribution in [0.3, 0.4) is 0 Å². The maximum absolute atomic E-state index is 11.7. The first-order valence-electron chi connectivity index (χ1n) is 5.99. The lowest BCUT2D eigenvalue weighted by molar-refractivity contribution is -0.132. The van der Waals surface area contributed by atoms with Gasteiger partial charge in [0, 0.05) is 16.4 Å². The molecule has 0 bridgehead atoms. The van der Waals surface area contributed by atoms with Crippen LogP contribution in [0.25, 0.3) is 0 Å². The molecule has 0 aliphatic carbocycles. The van der Waals surface area contributed by atoms with Gasteiger partial charge in [-0.15, -0.1) is 0 Å². The molecule has 0 radical (unpaired) electrons. The molecule has 0 saturated heterocycles. The Kier molecular flexibility index (Phi) is 4.38. The van der Waals surface area contributed by atoms with E-state index >= 15 is 0 Å². The SMILES string of the molecule is Cc1ccc(NC(=O)C(=O)Nc2cccc(Cl)c2)cc1. The predicted octanol–water partition coefficient (Wildman–Crippen LogP) is 3.23. The molecule has 2 aromatic rings. The zero-order valence-corrected chi connectivity index (χ0v) is 11.6. The van der Waals surface area contributed by atoms with E-state index in [2.05, 4.69) is 10.6 Å². The van der Waals surface area contributed by atoms with Gasteiger partial charge in [0.15, 0.2) is 0 Å². The van der Waals surface area contributed by atoms with Gasteiger partial charge in [0.1, 0.15) is 0 Å². The van der Waals surface area contributed by atoms with Crippen LogP contribution in [0, 0.1) is 6.92 Å². The highest BCUT2D eigenvalue weighted by Gasteiger charge is 2.13. The van der Waals surface area contributed by atoms with Gasteiger partial charge in [-0.05, 0) is 37.3 Å². The number of nitrogens with one attached hydrogen (secondary N) is 2. The molecule has 5 heteroatoms. The summed E-state index contributed by atoms with van der Waals surface area (Å²) in [5, 5.41) is 5.49. The van der Waals surface area contributed by atoms with Crippen molar-refractivity contribution in [2.45, 2.75) is 6.92 Å². The second-order valence-electron chi connectivity index (χ2n) is 4.28. The van der Waals surface area contributed by atoms with Crippen LogP contribution < -0.4 is 10.6 Å². The summed E-state index contributed by atoms with van der Waals surface area (Å²) in [5.41, 5.74) is 2.12. The van der Waals surface area contributed by atoms with Gasteiger partial charge in [-0.2, -0.15) is 0 Å². The molecule has 2 aromatic carbocycles. The maximum Gasteiger partial charge on any atom is 0.314 e. The minimum Gasteiger partial charge on any atom is -0.318 e. The molecule has 102 valence electrons. The molecule has 20 heavy (non-hydrogen) atoms. The van der Waals surface area contributed by atoms with Crippen LogP contribution >= 0.6 is 11.6 Å². The zero-order chi connectivity index (χ0) is 14.5. The standard InChI is InChI=1S/C15H13ClN2O2/c1-10-5-7-12(8-6-10)17-14(19)15(20)18-13-4-2-3-11(16)9-13/h2-9H,1H3,(H,17,19)(H,18,20). The van der Waals surface area contributed by atoms with Gasteiger partial charge in [0.05, 0.1) is 0 Å². The van der Waals surface area contributed by atoms with Gasteiger partial charge >= 0.3 is 11.8 Å². The first-order valence-corrected chi connectivity index (χ1v) is 6.37. The molecule has 2 rings (SSSR count). The van der Waals surface area contributed by atoms with Crippen molar-refractivity contribution in [2.24, 2.45) is 0 Å². The fourth-order valence-electron chi connectivity index (χ4n) is 1.58. The second-order valence-corrected chi connectivity index (χ2v) is 4.72. The van der Waals surface area contributed by atoms with Crippen molar-refractivity contribution >= 4 is 34.8 Å². The van der Waals surface area contributed by atoms with Gasteiger partial charge in [0.25, 0.3) is 0 Å². The highest BCUT2D eigenvalue weighted by atomic mass is 35.5. The number of amides is 2. The van der Waals surface area contributed by atoms with Crippen LogP contribution in [-0.2, 0) is 9.59 Å². The molecule has 0 heterocycles. The number of hydrogen-bond donors (Lipinski definition) is 2. The number of aryl methyl sites for hydroxylation is 1. The van der Waals surface area contributed by atoms with Crippen LogP contribution in [0.1, 0.15) is 5.56 Å². The smallest absolute Gasteiger partial charge is 0.314 e. The van der Waals surface area contributed by atoms with Gasteiger partial charge in [-0.25, -0.2) is 0 Å². The summed E-state index contributed by atoms with van der Waals surface area (Å²) in [5.74, 6) is -1.47. The molecular formula is C15H13ClN2O2. The number of benzene rings is 2. The number of anilines is 2. The number of hydrogen-bond acceptors (Lipinski definition) is 2. The molecule has 0 spiro atoms. The maximum atomic E-state index is 11.7. The molecule has 0 aromatic heterocycles. The van der Waals surface area contributed by atoms with E-state index in [4.69, 9.17) is 11.6 Å². The largest absolute Gasteiger partial charge is 0.318 e. The lowest BCUT2D eigenvalue weighted by Crippen LogP contribution is -2.29. The highest BCUT2D eigenvalue weighted by Crippen LogP contribution is 2.15. The fourth-order valence-corrected chi connectivity index (χ4v) is 1.77. The Morgan fingerprint density at radius 1 is 0.900 bits per heavy atom. The Morgan fingerprint density at radius 3 is 2.10 bits per heavy atom. The van der Waals surface area contributed by atoms with Crippen molar-refractivity contribution in [3.05, 3.63) is 59.1 Å². The van der Waals surface area contributed by atoms with E-state index in [1.54, 1.807) is 36.4 Å². The third-order valence-electron chi connectivity index (χ3n) is 2.60. The Labute approximate surface area is 121 Å². The van der Waals surface area contributed by atoms with E-state index in [0.717, 1.165) is 5.56 Å². The van der Waals surface area contributed by atoms with Crippen molar-refractivity contribution in [2.75, 3.05) is 10.6 Å². The van der Waals surface area contributed by atoms with E-state index < -0.39 is 11.8 Å². The van der Waals surface area contributed by atoms with Gasteiger partial charge in [-0.3, -0.25) is 9.59 Å². The lowest BCUT2D eigenvalue weighted by Gasteiger charge is -2.07. The van der Waals surface area contributed by atoms with E-state index in [9.17, 15) is 9.59 Å². The molecule has 0 aliphatic heterocycles. The Bertz CT molecular complexity index is 639. The van der Waals surface area contributed by atoms with E-state index in [1.165, 1.54) is 0 Å². The molecule has 0 aliphatic rings. The van der Waals surface area contributed by atoms with E-state index in [1.807, 2.05) is 19.1 Å². The summed E-state index contributed by atoms with van der Waals surface area (Å²) in [7, 11) is 0. The van der Waals surface area contributed by atoms with Gasteiger partial charge in [0.2, 0.25) is 0 Å². The summed E-state index contributed by atoms with van der Waals surface area (Å²) >= 11 is 5.80. The zero-order valence-electron chi connectivity index (χ0n) is 10.8. The summed E-state index contributed by atoms with van der Waals surface area (Å²) in [6.07, 6.45) is 0. The van der Waals surface area contributed by atoms with Crippen LogP contribution in [0.15, 0.2) is 48.5 Å². The van der Waals surface area contributed by atoms with Crippen molar-refractivity contribution in [3.8, 4) is 0 Å². The third kappa shape index (κ3) is 3.83. The average Bonchev–Trinajstić information content (AvgIpc) is 2.41. The van der Waals surface area contributed by atoms with Crippen LogP contribution in [-0.4, -0.2) is 11.8 Å².